The van der Waals surface area contributed by atoms with Gasteiger partial charge in [-0.2, -0.15) is 0 Å². The molecule has 0 heterocycles. The van der Waals surface area contributed by atoms with Crippen LogP contribution in [0.5, 0.6) is 0 Å². The monoisotopic (exact) mass is 289 g/mol. The number of carbonyl (C=O) groups is 1. The molecule has 80 valence electrons. The van der Waals surface area contributed by atoms with Crippen molar-refractivity contribution >= 4 is 39.2 Å². The number of nitrogens with one attached hydrogen (secondary N) is 1. The minimum absolute atomic E-state index is 0.421. The van der Waals surface area contributed by atoms with Crippen LogP contribution in [0.25, 0.3) is 0 Å². The van der Waals surface area contributed by atoms with E-state index in [4.69, 9.17) is 11.6 Å². The molecular weight excluding hydrogens is 281 g/mol. The van der Waals surface area contributed by atoms with E-state index in [2.05, 4.69) is 26.0 Å². The summed E-state index contributed by atoms with van der Waals surface area (Å²) in [6.45, 7) is 0. The zero-order valence-electron chi connectivity index (χ0n) is 7.96. The van der Waals surface area contributed by atoms with Crippen molar-refractivity contribution in [2.75, 3.05) is 12.4 Å². The molecule has 5 heteroatoms. The Morgan fingerprint density at radius 2 is 2.33 bits per heavy atom. The van der Waals surface area contributed by atoms with Gasteiger partial charge in [-0.1, -0.05) is 27.5 Å². The molecule has 0 saturated heterocycles. The second-order valence-electron chi connectivity index (χ2n) is 2.62. The van der Waals surface area contributed by atoms with E-state index in [9.17, 15) is 4.79 Å². The Morgan fingerprint density at radius 3 is 2.93 bits per heavy atom. The molecule has 1 aromatic rings. The maximum absolute atomic E-state index is 10.8. The van der Waals surface area contributed by atoms with E-state index >= 15 is 0 Å². The quantitative estimate of drug-likeness (QED) is 0.686. The third kappa shape index (κ3) is 3.93. The predicted molar refractivity (Wildman–Crippen MR) is 63.9 cm³/mol. The number of anilines is 1. The number of ether oxygens (including phenoxy) is 1. The first-order valence-corrected chi connectivity index (χ1v) is 5.26. The summed E-state index contributed by atoms with van der Waals surface area (Å²) in [5.41, 5.74) is 0.722. The Balaban J connectivity index is 2.65. The smallest absolute Gasteiger partial charge is 0.331 e. The molecular formula is C10H9BrClNO2. The normalized spacial score (nSPS) is 10.3. The van der Waals surface area contributed by atoms with Crippen molar-refractivity contribution < 1.29 is 9.53 Å². The second kappa shape index (κ2) is 5.78. The molecule has 0 aromatic heterocycles. The van der Waals surface area contributed by atoms with Crippen LogP contribution in [0.1, 0.15) is 0 Å². The summed E-state index contributed by atoms with van der Waals surface area (Å²) in [6.07, 6.45) is 2.75. The molecule has 3 nitrogen and oxygen atoms in total. The number of esters is 1. The van der Waals surface area contributed by atoms with Gasteiger partial charge in [-0.25, -0.2) is 4.79 Å². The van der Waals surface area contributed by atoms with Crippen LogP contribution < -0.4 is 5.32 Å². The standard InChI is InChI=1S/C10H9BrClNO2/c1-15-10(14)4-5-13-9-3-2-7(11)6-8(9)12/h2-6,13H,1H3/b5-4+. The Kier molecular flexibility index (Phi) is 4.65. The fraction of sp³-hybridized carbons (Fsp3) is 0.100. The predicted octanol–water partition coefficient (Wildman–Crippen LogP) is 3.20. The first-order valence-electron chi connectivity index (χ1n) is 4.09. The average Bonchev–Trinajstić information content (AvgIpc) is 2.21. The van der Waals surface area contributed by atoms with Gasteiger partial charge in [0, 0.05) is 16.7 Å². The van der Waals surface area contributed by atoms with Crippen molar-refractivity contribution in [1.29, 1.82) is 0 Å². The summed E-state index contributed by atoms with van der Waals surface area (Å²) in [7, 11) is 1.32. The number of hydrogen-bond acceptors (Lipinski definition) is 3. The summed E-state index contributed by atoms with van der Waals surface area (Å²) >= 11 is 9.23. The van der Waals surface area contributed by atoms with Crippen molar-refractivity contribution in [3.05, 3.63) is 40.0 Å². The highest BCUT2D eigenvalue weighted by atomic mass is 79.9. The fourth-order valence-corrected chi connectivity index (χ4v) is 1.60. The Morgan fingerprint density at radius 1 is 1.60 bits per heavy atom. The maximum Gasteiger partial charge on any atom is 0.331 e. The number of benzene rings is 1. The van der Waals surface area contributed by atoms with Gasteiger partial charge in [0.15, 0.2) is 0 Å². The molecule has 0 bridgehead atoms. The van der Waals surface area contributed by atoms with E-state index in [0.29, 0.717) is 5.02 Å². The van der Waals surface area contributed by atoms with E-state index in [0.717, 1.165) is 10.2 Å². The highest BCUT2D eigenvalue weighted by Crippen LogP contribution is 2.25. The molecule has 0 amide bonds. The summed E-state index contributed by atoms with van der Waals surface area (Å²) in [5.74, 6) is -0.421. The molecule has 0 radical (unpaired) electrons. The lowest BCUT2D eigenvalue weighted by molar-refractivity contribution is -0.134. The molecule has 1 N–H and O–H groups in total. The van der Waals surface area contributed by atoms with Crippen molar-refractivity contribution in [1.82, 2.24) is 0 Å². The Labute approximate surface area is 101 Å². The zero-order chi connectivity index (χ0) is 11.3. The lowest BCUT2D eigenvalue weighted by Crippen LogP contribution is -1.96. The van der Waals surface area contributed by atoms with Gasteiger partial charge in [0.05, 0.1) is 17.8 Å². The first kappa shape index (κ1) is 12.1. The van der Waals surface area contributed by atoms with E-state index in [-0.39, 0.29) is 0 Å². The Hall–Kier alpha value is -1.000. The number of methoxy groups -OCH3 is 1. The Bertz CT molecular complexity index is 393. The van der Waals surface area contributed by atoms with Crippen LogP contribution in [-0.2, 0) is 9.53 Å². The lowest BCUT2D eigenvalue weighted by Gasteiger charge is -2.03. The van der Waals surface area contributed by atoms with Crippen LogP contribution in [0.4, 0.5) is 5.69 Å². The third-order valence-electron chi connectivity index (χ3n) is 1.59. The largest absolute Gasteiger partial charge is 0.466 e. The van der Waals surface area contributed by atoms with Gasteiger partial charge in [-0.05, 0) is 18.2 Å². The minimum Gasteiger partial charge on any atom is -0.466 e. The van der Waals surface area contributed by atoms with Crippen molar-refractivity contribution in [2.24, 2.45) is 0 Å². The zero-order valence-corrected chi connectivity index (χ0v) is 10.3. The average molecular weight is 291 g/mol. The van der Waals surface area contributed by atoms with Crippen LogP contribution in [-0.4, -0.2) is 13.1 Å². The summed E-state index contributed by atoms with van der Waals surface area (Å²) in [6, 6.07) is 5.41. The summed E-state index contributed by atoms with van der Waals surface area (Å²) in [4.78, 5) is 10.8. The topological polar surface area (TPSA) is 38.3 Å². The molecule has 0 aliphatic carbocycles. The van der Waals surface area contributed by atoms with Gasteiger partial charge in [0.2, 0.25) is 0 Å². The minimum atomic E-state index is -0.421. The lowest BCUT2D eigenvalue weighted by atomic mass is 10.3. The molecule has 15 heavy (non-hydrogen) atoms. The van der Waals surface area contributed by atoms with E-state index in [1.807, 2.05) is 6.07 Å². The van der Waals surface area contributed by atoms with Crippen LogP contribution >= 0.6 is 27.5 Å². The van der Waals surface area contributed by atoms with Crippen LogP contribution in [0.2, 0.25) is 5.02 Å². The van der Waals surface area contributed by atoms with Crippen LogP contribution in [0, 0.1) is 0 Å². The summed E-state index contributed by atoms with van der Waals surface area (Å²) in [5, 5.41) is 3.44. The first-order chi connectivity index (χ1) is 7.13. The third-order valence-corrected chi connectivity index (χ3v) is 2.40. The molecule has 1 rings (SSSR count). The second-order valence-corrected chi connectivity index (χ2v) is 3.95. The van der Waals surface area contributed by atoms with Gasteiger partial charge in [0.25, 0.3) is 0 Å². The molecule has 0 aliphatic rings. The van der Waals surface area contributed by atoms with Gasteiger partial charge < -0.3 is 10.1 Å². The van der Waals surface area contributed by atoms with E-state index in [1.54, 1.807) is 12.1 Å². The summed E-state index contributed by atoms with van der Waals surface area (Å²) < 4.78 is 5.33. The van der Waals surface area contributed by atoms with Crippen molar-refractivity contribution in [3.8, 4) is 0 Å². The van der Waals surface area contributed by atoms with Gasteiger partial charge in [-0.15, -0.1) is 0 Å². The van der Waals surface area contributed by atoms with E-state index in [1.165, 1.54) is 19.4 Å². The SMILES string of the molecule is COC(=O)/C=C/Nc1ccc(Br)cc1Cl. The van der Waals surface area contributed by atoms with Gasteiger partial charge >= 0.3 is 5.97 Å². The molecule has 0 unspecified atom stereocenters. The van der Waals surface area contributed by atoms with Crippen LogP contribution in [0.15, 0.2) is 34.9 Å². The molecule has 0 fully saturated rings. The van der Waals surface area contributed by atoms with Gasteiger partial charge in [-0.3, -0.25) is 0 Å². The number of carbonyl (C=O) groups excluding carboxylic acids is 1. The number of hydrogen-bond donors (Lipinski definition) is 1. The maximum atomic E-state index is 10.8. The number of halogens is 2. The fourth-order valence-electron chi connectivity index (χ4n) is 0.874. The van der Waals surface area contributed by atoms with Crippen LogP contribution in [0.3, 0.4) is 0 Å². The molecule has 0 aliphatic heterocycles. The van der Waals surface area contributed by atoms with Crippen molar-refractivity contribution in [3.63, 3.8) is 0 Å². The molecule has 0 atom stereocenters. The van der Waals surface area contributed by atoms with Gasteiger partial charge in [0.1, 0.15) is 0 Å². The van der Waals surface area contributed by atoms with E-state index < -0.39 is 5.97 Å². The highest BCUT2D eigenvalue weighted by Gasteiger charge is 1.98. The molecule has 1 aromatic carbocycles. The molecule has 0 spiro atoms. The number of rotatable bonds is 3. The van der Waals surface area contributed by atoms with Crippen molar-refractivity contribution in [2.45, 2.75) is 0 Å². The highest BCUT2D eigenvalue weighted by molar-refractivity contribution is 9.10. The molecule has 0 saturated carbocycles.